The first-order valence-electron chi connectivity index (χ1n) is 11.7. The molecule has 36 heavy (non-hydrogen) atoms. The maximum absolute atomic E-state index is 13.0. The topological polar surface area (TPSA) is 116 Å². The molecule has 0 bridgehead atoms. The average molecular weight is 494 g/mol. The van der Waals surface area contributed by atoms with Gasteiger partial charge in [-0.1, -0.05) is 20.3 Å². The van der Waals surface area contributed by atoms with Gasteiger partial charge in [0.05, 0.1) is 19.8 Å². The highest BCUT2D eigenvalue weighted by molar-refractivity contribution is 6.12. The smallest absolute Gasteiger partial charge is 0.339 e. The fourth-order valence-corrected chi connectivity index (χ4v) is 4.49. The van der Waals surface area contributed by atoms with Gasteiger partial charge in [-0.25, -0.2) is 9.59 Å². The Labute approximate surface area is 208 Å². The van der Waals surface area contributed by atoms with Crippen molar-refractivity contribution in [3.63, 3.8) is 0 Å². The number of carbonyl (C=O) groups excluding carboxylic acids is 2. The molecule has 0 aliphatic carbocycles. The minimum atomic E-state index is -0.819. The van der Waals surface area contributed by atoms with Crippen LogP contribution in [-0.2, 0) is 16.1 Å². The van der Waals surface area contributed by atoms with E-state index in [9.17, 15) is 9.59 Å². The number of methoxy groups -OCH3 is 2. The molecule has 0 spiro atoms. The fourth-order valence-electron chi connectivity index (χ4n) is 4.49. The second-order valence-electron chi connectivity index (χ2n) is 8.82. The zero-order chi connectivity index (χ0) is 25.6. The molecule has 0 radical (unpaired) electrons. The van der Waals surface area contributed by atoms with Crippen molar-refractivity contribution < 1.29 is 38.0 Å². The molecule has 0 saturated heterocycles. The Bertz CT molecular complexity index is 1380. The van der Waals surface area contributed by atoms with Crippen LogP contribution in [0, 0.1) is 5.92 Å². The number of hydrogen-bond acceptors (Lipinski definition) is 9. The van der Waals surface area contributed by atoms with Crippen molar-refractivity contribution >= 4 is 22.7 Å². The predicted molar refractivity (Wildman–Crippen MR) is 131 cm³/mol. The standard InChI is InChI=1S/C27H27NO8/c1-5-13(2)25(28)27(30)36-18-10-22-21(34-12-35-22)9-17(18)24-16-8-20(32-4)19(31-3)7-14(16)6-15-11-33-26(29)23(15)24/h6-10,13,25H,5,11-12,28H2,1-4H3/t13-,25?/m0/s1. The lowest BCUT2D eigenvalue weighted by Crippen LogP contribution is -2.39. The van der Waals surface area contributed by atoms with Crippen molar-refractivity contribution in [1.29, 1.82) is 0 Å². The second-order valence-corrected chi connectivity index (χ2v) is 8.82. The number of benzene rings is 3. The summed E-state index contributed by atoms with van der Waals surface area (Å²) in [6.07, 6.45) is 0.717. The molecule has 2 aliphatic heterocycles. The molecular weight excluding hydrogens is 466 g/mol. The van der Waals surface area contributed by atoms with E-state index in [2.05, 4.69) is 0 Å². The summed E-state index contributed by atoms with van der Waals surface area (Å²) in [4.78, 5) is 25.9. The maximum atomic E-state index is 13.0. The van der Waals surface area contributed by atoms with Crippen molar-refractivity contribution in [3.05, 3.63) is 41.5 Å². The molecule has 9 heteroatoms. The molecule has 2 heterocycles. The summed E-state index contributed by atoms with van der Waals surface area (Å²) in [5, 5.41) is 1.48. The minimum Gasteiger partial charge on any atom is -0.493 e. The zero-order valence-electron chi connectivity index (χ0n) is 20.5. The summed E-state index contributed by atoms with van der Waals surface area (Å²) in [5.74, 6) is 0.987. The first kappa shape index (κ1) is 23.7. The minimum absolute atomic E-state index is 0.0270. The first-order chi connectivity index (χ1) is 17.4. The number of rotatable bonds is 7. The summed E-state index contributed by atoms with van der Waals surface area (Å²) in [5.41, 5.74) is 8.25. The number of nitrogens with two attached hydrogens (primary N) is 1. The van der Waals surface area contributed by atoms with Crippen LogP contribution >= 0.6 is 0 Å². The number of esters is 2. The molecule has 3 aromatic carbocycles. The Morgan fingerprint density at radius 1 is 0.972 bits per heavy atom. The van der Waals surface area contributed by atoms with Gasteiger partial charge in [0.15, 0.2) is 23.0 Å². The lowest BCUT2D eigenvalue weighted by molar-refractivity contribution is -0.137. The average Bonchev–Trinajstić information content (AvgIpc) is 3.50. The van der Waals surface area contributed by atoms with E-state index in [0.29, 0.717) is 57.1 Å². The summed E-state index contributed by atoms with van der Waals surface area (Å²) < 4.78 is 33.4. The van der Waals surface area contributed by atoms with Gasteiger partial charge in [0, 0.05) is 22.8 Å². The van der Waals surface area contributed by atoms with E-state index >= 15 is 0 Å². The fraction of sp³-hybridized carbons (Fsp3) is 0.333. The summed E-state index contributed by atoms with van der Waals surface area (Å²) in [6.45, 7) is 4.00. The van der Waals surface area contributed by atoms with Gasteiger partial charge in [-0.2, -0.15) is 0 Å². The van der Waals surface area contributed by atoms with Crippen molar-refractivity contribution in [2.24, 2.45) is 11.7 Å². The SMILES string of the molecule is CC[C@H](C)C(N)C(=O)Oc1cc2c(cc1-c1c3c(cc4cc(OC)c(OC)cc14)COC3=O)OCO2. The van der Waals surface area contributed by atoms with Crippen molar-refractivity contribution in [2.75, 3.05) is 21.0 Å². The third-order valence-electron chi connectivity index (χ3n) is 6.77. The van der Waals surface area contributed by atoms with Crippen molar-refractivity contribution in [3.8, 4) is 39.9 Å². The number of hydrogen-bond donors (Lipinski definition) is 1. The lowest BCUT2D eigenvalue weighted by Gasteiger charge is -2.20. The highest BCUT2D eigenvalue weighted by Crippen LogP contribution is 2.49. The van der Waals surface area contributed by atoms with E-state index in [4.69, 9.17) is 34.2 Å². The molecular formula is C27H27NO8. The van der Waals surface area contributed by atoms with Crippen molar-refractivity contribution in [1.82, 2.24) is 0 Å². The molecule has 3 aromatic rings. The Balaban J connectivity index is 1.78. The van der Waals surface area contributed by atoms with Crippen LogP contribution in [-0.4, -0.2) is 39.0 Å². The van der Waals surface area contributed by atoms with Crippen LogP contribution in [0.3, 0.4) is 0 Å². The maximum Gasteiger partial charge on any atom is 0.339 e. The molecule has 1 unspecified atom stereocenters. The summed E-state index contributed by atoms with van der Waals surface area (Å²) in [6, 6.07) is 7.98. The van der Waals surface area contributed by atoms with E-state index in [0.717, 1.165) is 5.39 Å². The third-order valence-corrected chi connectivity index (χ3v) is 6.77. The molecule has 0 fully saturated rings. The molecule has 0 saturated carbocycles. The normalized spacial score (nSPS) is 15.3. The van der Waals surface area contributed by atoms with Gasteiger partial charge in [0.2, 0.25) is 6.79 Å². The third kappa shape index (κ3) is 3.85. The molecule has 0 amide bonds. The van der Waals surface area contributed by atoms with Gasteiger partial charge in [0.1, 0.15) is 18.4 Å². The van der Waals surface area contributed by atoms with Crippen LogP contribution in [0.25, 0.3) is 21.9 Å². The van der Waals surface area contributed by atoms with Crippen LogP contribution in [0.15, 0.2) is 30.3 Å². The molecule has 5 rings (SSSR count). The van der Waals surface area contributed by atoms with E-state index in [1.54, 1.807) is 25.3 Å². The summed E-state index contributed by atoms with van der Waals surface area (Å²) in [7, 11) is 3.09. The van der Waals surface area contributed by atoms with Gasteiger partial charge in [0.25, 0.3) is 0 Å². The Morgan fingerprint density at radius 3 is 2.36 bits per heavy atom. The molecule has 2 atom stereocenters. The van der Waals surface area contributed by atoms with Crippen LogP contribution in [0.1, 0.15) is 36.2 Å². The van der Waals surface area contributed by atoms with Crippen molar-refractivity contribution in [2.45, 2.75) is 32.9 Å². The number of cyclic esters (lactones) is 1. The Morgan fingerprint density at radius 2 is 1.67 bits per heavy atom. The second kappa shape index (κ2) is 9.23. The molecule has 2 aliphatic rings. The molecule has 9 nitrogen and oxygen atoms in total. The number of fused-ring (bicyclic) bond motifs is 3. The molecule has 2 N–H and O–H groups in total. The van der Waals surface area contributed by atoms with E-state index in [1.165, 1.54) is 7.11 Å². The monoisotopic (exact) mass is 493 g/mol. The van der Waals surface area contributed by atoms with E-state index in [1.807, 2.05) is 26.0 Å². The van der Waals surface area contributed by atoms with Gasteiger partial charge >= 0.3 is 11.9 Å². The van der Waals surface area contributed by atoms with Gasteiger partial charge in [-0.05, 0) is 41.0 Å². The molecule has 188 valence electrons. The van der Waals surface area contributed by atoms with Crippen LogP contribution < -0.4 is 29.4 Å². The largest absolute Gasteiger partial charge is 0.493 e. The van der Waals surface area contributed by atoms with Gasteiger partial charge < -0.3 is 34.2 Å². The van der Waals surface area contributed by atoms with Gasteiger partial charge in [-0.15, -0.1) is 0 Å². The zero-order valence-corrected chi connectivity index (χ0v) is 20.5. The number of carbonyl (C=O) groups is 2. The van der Waals surface area contributed by atoms with Crippen LogP contribution in [0.4, 0.5) is 0 Å². The van der Waals surface area contributed by atoms with Crippen LogP contribution in [0.5, 0.6) is 28.7 Å². The molecule has 0 aromatic heterocycles. The number of ether oxygens (including phenoxy) is 6. The summed E-state index contributed by atoms with van der Waals surface area (Å²) >= 11 is 0. The van der Waals surface area contributed by atoms with Gasteiger partial charge in [-0.3, -0.25) is 0 Å². The van der Waals surface area contributed by atoms with E-state index < -0.39 is 18.0 Å². The first-order valence-corrected chi connectivity index (χ1v) is 11.7. The predicted octanol–water partition coefficient (Wildman–Crippen LogP) is 4.20. The van der Waals surface area contributed by atoms with E-state index in [-0.39, 0.29) is 25.1 Å². The Kier molecular flexibility index (Phi) is 6.09. The highest BCUT2D eigenvalue weighted by Gasteiger charge is 2.32. The Hall–Kier alpha value is -3.98. The quantitative estimate of drug-likeness (QED) is 0.382. The highest BCUT2D eigenvalue weighted by atomic mass is 16.7. The van der Waals surface area contributed by atoms with Crippen LogP contribution in [0.2, 0.25) is 0 Å². The lowest BCUT2D eigenvalue weighted by atomic mass is 9.89.